The number of benzene rings is 3. The molecule has 0 spiro atoms. The van der Waals surface area contributed by atoms with E-state index in [0.29, 0.717) is 39.2 Å². The lowest BCUT2D eigenvalue weighted by Crippen LogP contribution is -2.14. The zero-order chi connectivity index (χ0) is 24.1. The van der Waals surface area contributed by atoms with E-state index < -0.39 is 0 Å². The first-order chi connectivity index (χ1) is 16.5. The van der Waals surface area contributed by atoms with E-state index in [4.69, 9.17) is 4.74 Å². The second-order valence-electron chi connectivity index (χ2n) is 7.30. The molecule has 2 N–H and O–H groups in total. The average molecular weight is 475 g/mol. The van der Waals surface area contributed by atoms with Crippen LogP contribution in [-0.2, 0) is 4.79 Å². The number of nitrogens with one attached hydrogen (secondary N) is 1. The van der Waals surface area contributed by atoms with Crippen molar-refractivity contribution >= 4 is 29.1 Å². The quantitative estimate of drug-likeness (QED) is 0.284. The third-order valence-corrected chi connectivity index (χ3v) is 5.94. The van der Waals surface area contributed by atoms with Crippen LogP contribution >= 0.6 is 11.8 Å². The number of hydrogen-bond donors (Lipinski definition) is 2. The van der Waals surface area contributed by atoms with Crippen LogP contribution in [0.4, 0.5) is 5.69 Å². The van der Waals surface area contributed by atoms with E-state index in [0.717, 1.165) is 0 Å². The molecule has 0 unspecified atom stereocenters. The van der Waals surface area contributed by atoms with Crippen LogP contribution in [0.3, 0.4) is 0 Å². The molecule has 0 radical (unpaired) electrons. The van der Waals surface area contributed by atoms with Crippen molar-refractivity contribution in [2.45, 2.75) is 12.1 Å². The number of amides is 1. The zero-order valence-corrected chi connectivity index (χ0v) is 19.4. The number of thioether (sulfide) groups is 1. The number of para-hydroxylation sites is 3. The van der Waals surface area contributed by atoms with Gasteiger partial charge in [0, 0.05) is 11.3 Å². The summed E-state index contributed by atoms with van der Waals surface area (Å²) in [5, 5.41) is 22.3. The summed E-state index contributed by atoms with van der Waals surface area (Å²) in [6.45, 7) is 1.49. The van der Waals surface area contributed by atoms with E-state index in [2.05, 4.69) is 15.5 Å². The van der Waals surface area contributed by atoms with E-state index in [1.807, 2.05) is 24.3 Å². The van der Waals surface area contributed by atoms with Crippen LogP contribution in [0.15, 0.2) is 78.0 Å². The summed E-state index contributed by atoms with van der Waals surface area (Å²) in [4.78, 5) is 24.0. The highest BCUT2D eigenvalue weighted by Crippen LogP contribution is 2.35. The monoisotopic (exact) mass is 474 g/mol. The minimum absolute atomic E-state index is 0.0376. The van der Waals surface area contributed by atoms with Crippen molar-refractivity contribution in [3.8, 4) is 28.6 Å². The molecule has 1 aromatic heterocycles. The second-order valence-corrected chi connectivity index (χ2v) is 8.24. The number of aromatic hydroxyl groups is 1. The number of carbonyl (C=O) groups is 2. The number of aromatic nitrogens is 3. The Balaban J connectivity index is 1.61. The topological polar surface area (TPSA) is 106 Å². The number of Topliss-reactive ketones (excluding diaryl/α,β-unsaturated/α-hetero) is 1. The summed E-state index contributed by atoms with van der Waals surface area (Å²) >= 11 is 1.20. The molecule has 0 bridgehead atoms. The number of methoxy groups -OCH3 is 1. The van der Waals surface area contributed by atoms with Crippen molar-refractivity contribution in [1.29, 1.82) is 0 Å². The van der Waals surface area contributed by atoms with Gasteiger partial charge in [0.25, 0.3) is 0 Å². The lowest BCUT2D eigenvalue weighted by Gasteiger charge is -2.14. The molecule has 0 aliphatic rings. The average Bonchev–Trinajstić information content (AvgIpc) is 3.26. The third-order valence-electron chi connectivity index (χ3n) is 5.01. The van der Waals surface area contributed by atoms with Gasteiger partial charge in [0.2, 0.25) is 5.91 Å². The summed E-state index contributed by atoms with van der Waals surface area (Å²) in [5.41, 5.74) is 2.35. The molecule has 0 saturated carbocycles. The number of carbonyl (C=O) groups excluding carboxylic acids is 2. The van der Waals surface area contributed by atoms with Crippen molar-refractivity contribution in [3.63, 3.8) is 0 Å². The molecule has 0 saturated heterocycles. The first-order valence-electron chi connectivity index (χ1n) is 10.4. The first kappa shape index (κ1) is 23.1. The van der Waals surface area contributed by atoms with E-state index in [-0.39, 0.29) is 23.2 Å². The molecule has 8 nitrogen and oxygen atoms in total. The predicted octanol–water partition coefficient (Wildman–Crippen LogP) is 4.58. The minimum Gasteiger partial charge on any atom is -0.507 e. The fraction of sp³-hybridized carbons (Fsp3) is 0.120. The molecule has 3 aromatic carbocycles. The molecule has 1 amide bonds. The SMILES string of the molecule is COc1ccccc1-n1c(SCC(=O)Nc2ccc(C(C)=O)cc2)nnc1-c1ccccc1O. The van der Waals surface area contributed by atoms with Crippen LogP contribution in [0.2, 0.25) is 0 Å². The molecule has 0 aliphatic carbocycles. The van der Waals surface area contributed by atoms with Crippen molar-refractivity contribution in [3.05, 3.63) is 78.4 Å². The largest absolute Gasteiger partial charge is 0.507 e. The smallest absolute Gasteiger partial charge is 0.234 e. The molecular formula is C25H22N4O4S. The number of phenolic OH excluding ortho intramolecular Hbond substituents is 1. The molecule has 1 heterocycles. The molecule has 172 valence electrons. The Kier molecular flexibility index (Phi) is 6.93. The van der Waals surface area contributed by atoms with Crippen LogP contribution in [0.5, 0.6) is 11.5 Å². The predicted molar refractivity (Wildman–Crippen MR) is 131 cm³/mol. The van der Waals surface area contributed by atoms with Gasteiger partial charge in [-0.25, -0.2) is 0 Å². The Bertz CT molecular complexity index is 1340. The highest BCUT2D eigenvalue weighted by molar-refractivity contribution is 7.99. The highest BCUT2D eigenvalue weighted by atomic mass is 32.2. The molecular weight excluding hydrogens is 452 g/mol. The van der Waals surface area contributed by atoms with Gasteiger partial charge in [-0.3, -0.25) is 14.2 Å². The van der Waals surface area contributed by atoms with Crippen LogP contribution < -0.4 is 10.1 Å². The molecule has 34 heavy (non-hydrogen) atoms. The maximum absolute atomic E-state index is 12.6. The number of hydrogen-bond acceptors (Lipinski definition) is 7. The van der Waals surface area contributed by atoms with E-state index >= 15 is 0 Å². The van der Waals surface area contributed by atoms with Crippen molar-refractivity contribution < 1.29 is 19.4 Å². The number of rotatable bonds is 8. The Labute approximate surface area is 200 Å². The number of ketones is 1. The maximum Gasteiger partial charge on any atom is 0.234 e. The van der Waals surface area contributed by atoms with Gasteiger partial charge in [-0.15, -0.1) is 10.2 Å². The highest BCUT2D eigenvalue weighted by Gasteiger charge is 2.21. The standard InChI is InChI=1S/C25H22N4O4S/c1-16(30)17-11-13-18(14-12-17)26-23(32)15-34-25-28-27-24(19-7-3-5-9-21(19)31)29(25)20-8-4-6-10-22(20)33-2/h3-14,31H,15H2,1-2H3,(H,26,32). The fourth-order valence-corrected chi connectivity index (χ4v) is 4.09. The lowest BCUT2D eigenvalue weighted by atomic mass is 10.1. The fourth-order valence-electron chi connectivity index (χ4n) is 3.35. The van der Waals surface area contributed by atoms with Crippen LogP contribution in [0, 0.1) is 0 Å². The maximum atomic E-state index is 12.6. The first-order valence-corrected chi connectivity index (χ1v) is 11.4. The van der Waals surface area contributed by atoms with Gasteiger partial charge < -0.3 is 15.2 Å². The molecule has 4 aromatic rings. The number of nitrogens with zero attached hydrogens (tertiary/aromatic N) is 3. The van der Waals surface area contributed by atoms with Crippen LogP contribution in [0.1, 0.15) is 17.3 Å². The van der Waals surface area contributed by atoms with Crippen LogP contribution in [-0.4, -0.2) is 44.4 Å². The third kappa shape index (κ3) is 4.94. The van der Waals surface area contributed by atoms with Crippen molar-refractivity contribution in [1.82, 2.24) is 14.8 Å². The van der Waals surface area contributed by atoms with Crippen LogP contribution in [0.25, 0.3) is 17.1 Å². The normalized spacial score (nSPS) is 10.6. The summed E-state index contributed by atoms with van der Waals surface area (Å²) in [5.74, 6) is 0.877. The Morgan fingerprint density at radius 1 is 1.00 bits per heavy atom. The van der Waals surface area contributed by atoms with E-state index in [1.54, 1.807) is 60.2 Å². The summed E-state index contributed by atoms with van der Waals surface area (Å²) in [6.07, 6.45) is 0. The molecule has 0 fully saturated rings. The van der Waals surface area contributed by atoms with Gasteiger partial charge in [-0.05, 0) is 55.5 Å². The molecule has 0 aliphatic heterocycles. The van der Waals surface area contributed by atoms with Gasteiger partial charge in [0.15, 0.2) is 16.8 Å². The number of phenols is 1. The van der Waals surface area contributed by atoms with Crippen molar-refractivity contribution in [2.24, 2.45) is 0 Å². The lowest BCUT2D eigenvalue weighted by molar-refractivity contribution is -0.113. The van der Waals surface area contributed by atoms with Gasteiger partial charge in [-0.2, -0.15) is 0 Å². The van der Waals surface area contributed by atoms with Gasteiger partial charge in [-0.1, -0.05) is 36.0 Å². The Morgan fingerprint density at radius 3 is 2.41 bits per heavy atom. The minimum atomic E-state index is -0.237. The molecule has 9 heteroatoms. The number of anilines is 1. The van der Waals surface area contributed by atoms with E-state index in [9.17, 15) is 14.7 Å². The number of ether oxygens (including phenoxy) is 1. The Hall–Kier alpha value is -4.11. The van der Waals surface area contributed by atoms with E-state index in [1.165, 1.54) is 18.7 Å². The summed E-state index contributed by atoms with van der Waals surface area (Å²) in [7, 11) is 1.57. The summed E-state index contributed by atoms with van der Waals surface area (Å²) < 4.78 is 7.28. The molecule has 0 atom stereocenters. The zero-order valence-electron chi connectivity index (χ0n) is 18.6. The van der Waals surface area contributed by atoms with Crippen molar-refractivity contribution in [2.75, 3.05) is 18.2 Å². The van der Waals surface area contributed by atoms with Gasteiger partial charge in [0.1, 0.15) is 11.5 Å². The van der Waals surface area contributed by atoms with Gasteiger partial charge >= 0.3 is 0 Å². The van der Waals surface area contributed by atoms with Gasteiger partial charge in [0.05, 0.1) is 24.1 Å². The summed E-state index contributed by atoms with van der Waals surface area (Å²) in [6, 6.07) is 20.9. The second kappa shape index (κ2) is 10.2. The molecule has 4 rings (SSSR count). The Morgan fingerprint density at radius 2 is 1.71 bits per heavy atom.